The molecule has 0 heterocycles. The van der Waals surface area contributed by atoms with Gasteiger partial charge in [-0.05, 0) is 36.6 Å². The van der Waals surface area contributed by atoms with Crippen molar-refractivity contribution < 1.29 is 13.2 Å². The van der Waals surface area contributed by atoms with Crippen molar-refractivity contribution >= 4 is 21.5 Å². The van der Waals surface area contributed by atoms with Crippen molar-refractivity contribution in [2.45, 2.75) is 13.3 Å². The highest BCUT2D eigenvalue weighted by molar-refractivity contribution is 7.92. The molecule has 0 saturated heterocycles. The molecule has 1 fully saturated rings. The first-order chi connectivity index (χ1) is 7.87. The van der Waals surface area contributed by atoms with Crippen molar-refractivity contribution in [3.63, 3.8) is 0 Å². The van der Waals surface area contributed by atoms with Crippen LogP contribution in [0.25, 0.3) is 0 Å². The molecule has 0 bridgehead atoms. The Morgan fingerprint density at radius 1 is 1.29 bits per heavy atom. The zero-order chi connectivity index (χ0) is 12.6. The van der Waals surface area contributed by atoms with Crippen LogP contribution in [-0.2, 0) is 10.0 Å². The van der Waals surface area contributed by atoms with Gasteiger partial charge in [-0.2, -0.15) is 0 Å². The molecule has 1 aromatic rings. The van der Waals surface area contributed by atoms with Gasteiger partial charge in [-0.3, -0.25) is 9.52 Å². The molecular formula is C12H15NO3S. The number of Topliss-reactive ketones (excluding diaryl/α,β-unsaturated/α-hetero) is 1. The molecule has 1 N–H and O–H groups in total. The molecule has 1 aliphatic carbocycles. The molecule has 2 unspecified atom stereocenters. The third-order valence-electron chi connectivity index (χ3n) is 2.92. The molecule has 5 heteroatoms. The van der Waals surface area contributed by atoms with E-state index >= 15 is 0 Å². The first-order valence-electron chi connectivity index (χ1n) is 5.49. The predicted molar refractivity (Wildman–Crippen MR) is 66.5 cm³/mol. The minimum absolute atomic E-state index is 0.156. The highest BCUT2D eigenvalue weighted by Gasteiger charge is 2.39. The molecule has 0 aromatic heterocycles. The van der Waals surface area contributed by atoms with Crippen molar-refractivity contribution in [3.05, 3.63) is 29.8 Å². The fourth-order valence-electron chi connectivity index (χ4n) is 1.82. The Bertz CT molecular complexity index is 533. The third-order valence-corrected chi connectivity index (χ3v) is 3.53. The number of anilines is 1. The number of nitrogens with one attached hydrogen (secondary N) is 1. The maximum Gasteiger partial charge on any atom is 0.229 e. The van der Waals surface area contributed by atoms with Crippen molar-refractivity contribution in [1.29, 1.82) is 0 Å². The molecular weight excluding hydrogens is 238 g/mol. The minimum atomic E-state index is -3.26. The summed E-state index contributed by atoms with van der Waals surface area (Å²) in [5.74, 6) is 0.795. The van der Waals surface area contributed by atoms with Gasteiger partial charge in [0.25, 0.3) is 0 Å². The van der Waals surface area contributed by atoms with Crippen LogP contribution in [-0.4, -0.2) is 20.5 Å². The predicted octanol–water partition coefficient (Wildman–Crippen LogP) is 1.90. The quantitative estimate of drug-likeness (QED) is 0.833. The van der Waals surface area contributed by atoms with E-state index in [-0.39, 0.29) is 11.7 Å². The second kappa shape index (κ2) is 4.14. The summed E-state index contributed by atoms with van der Waals surface area (Å²) >= 11 is 0. The second-order valence-electron chi connectivity index (χ2n) is 4.64. The number of sulfonamides is 1. The first kappa shape index (κ1) is 12.1. The lowest BCUT2D eigenvalue weighted by molar-refractivity contribution is 0.0962. The number of hydrogen-bond donors (Lipinski definition) is 1. The van der Waals surface area contributed by atoms with E-state index in [1.807, 2.05) is 0 Å². The Morgan fingerprint density at radius 2 is 1.82 bits per heavy atom. The van der Waals surface area contributed by atoms with Crippen LogP contribution in [0.15, 0.2) is 24.3 Å². The summed E-state index contributed by atoms with van der Waals surface area (Å²) in [5.41, 5.74) is 1.13. The molecule has 0 spiro atoms. The molecule has 2 atom stereocenters. The van der Waals surface area contributed by atoms with Crippen molar-refractivity contribution in [3.8, 4) is 0 Å². The third kappa shape index (κ3) is 3.06. The Morgan fingerprint density at radius 3 is 2.24 bits per heavy atom. The number of hydrogen-bond acceptors (Lipinski definition) is 3. The van der Waals surface area contributed by atoms with E-state index in [9.17, 15) is 13.2 Å². The Balaban J connectivity index is 2.10. The van der Waals surface area contributed by atoms with Crippen LogP contribution in [0.1, 0.15) is 23.7 Å². The fraction of sp³-hybridized carbons (Fsp3) is 0.417. The zero-order valence-corrected chi connectivity index (χ0v) is 10.6. The number of carbonyl (C=O) groups excluding carboxylic acids is 1. The molecule has 92 valence electrons. The van der Waals surface area contributed by atoms with Crippen LogP contribution < -0.4 is 4.72 Å². The summed E-state index contributed by atoms with van der Waals surface area (Å²) < 4.78 is 24.4. The van der Waals surface area contributed by atoms with E-state index in [0.717, 1.165) is 12.7 Å². The topological polar surface area (TPSA) is 63.2 Å². The van der Waals surface area contributed by atoms with Gasteiger partial charge < -0.3 is 0 Å². The van der Waals surface area contributed by atoms with E-state index in [1.165, 1.54) is 0 Å². The SMILES string of the molecule is CC1CC1C(=O)c1ccc(NS(C)(=O)=O)cc1. The minimum Gasteiger partial charge on any atom is -0.294 e. The van der Waals surface area contributed by atoms with Gasteiger partial charge in [-0.1, -0.05) is 6.92 Å². The largest absolute Gasteiger partial charge is 0.294 e. The number of benzene rings is 1. The van der Waals surface area contributed by atoms with E-state index in [0.29, 0.717) is 17.2 Å². The summed E-state index contributed by atoms with van der Waals surface area (Å²) in [6.07, 6.45) is 2.06. The standard InChI is InChI=1S/C12H15NO3S/c1-8-7-11(8)12(14)9-3-5-10(6-4-9)13-17(2,15)16/h3-6,8,11,13H,7H2,1-2H3. The van der Waals surface area contributed by atoms with E-state index < -0.39 is 10.0 Å². The summed E-state index contributed by atoms with van der Waals surface area (Å²) in [5, 5.41) is 0. The average Bonchev–Trinajstić information content (AvgIpc) is 2.93. The Kier molecular flexibility index (Phi) is 2.95. The van der Waals surface area contributed by atoms with E-state index in [4.69, 9.17) is 0 Å². The van der Waals surface area contributed by atoms with Crippen LogP contribution in [0.4, 0.5) is 5.69 Å². The lowest BCUT2D eigenvalue weighted by Crippen LogP contribution is -2.10. The Labute approximate surface area is 101 Å². The van der Waals surface area contributed by atoms with Gasteiger partial charge in [-0.15, -0.1) is 0 Å². The van der Waals surface area contributed by atoms with Crippen molar-refractivity contribution in [2.75, 3.05) is 11.0 Å². The number of carbonyl (C=O) groups is 1. The fourth-order valence-corrected chi connectivity index (χ4v) is 2.38. The van der Waals surface area contributed by atoms with Gasteiger partial charge in [0.2, 0.25) is 10.0 Å². The Hall–Kier alpha value is -1.36. The summed E-state index contributed by atoms with van der Waals surface area (Å²) in [4.78, 5) is 11.9. The summed E-state index contributed by atoms with van der Waals surface area (Å²) in [6.45, 7) is 2.06. The van der Waals surface area contributed by atoms with Crippen LogP contribution >= 0.6 is 0 Å². The van der Waals surface area contributed by atoms with Gasteiger partial charge in [0.1, 0.15) is 0 Å². The maximum atomic E-state index is 11.9. The summed E-state index contributed by atoms with van der Waals surface area (Å²) in [6, 6.07) is 6.56. The molecule has 1 aromatic carbocycles. The zero-order valence-electron chi connectivity index (χ0n) is 9.80. The highest BCUT2D eigenvalue weighted by Crippen LogP contribution is 2.40. The van der Waals surface area contributed by atoms with Gasteiger partial charge in [0.05, 0.1) is 6.26 Å². The molecule has 0 amide bonds. The van der Waals surface area contributed by atoms with Crippen LogP contribution in [0.2, 0.25) is 0 Å². The van der Waals surface area contributed by atoms with Gasteiger partial charge >= 0.3 is 0 Å². The molecule has 1 saturated carbocycles. The lowest BCUT2D eigenvalue weighted by atomic mass is 10.1. The first-order valence-corrected chi connectivity index (χ1v) is 7.38. The van der Waals surface area contributed by atoms with Crippen LogP contribution in [0, 0.1) is 11.8 Å². The smallest absolute Gasteiger partial charge is 0.229 e. The van der Waals surface area contributed by atoms with Crippen LogP contribution in [0.5, 0.6) is 0 Å². The molecule has 4 nitrogen and oxygen atoms in total. The molecule has 1 aliphatic rings. The lowest BCUT2D eigenvalue weighted by Gasteiger charge is -2.04. The summed E-state index contributed by atoms with van der Waals surface area (Å²) in [7, 11) is -3.26. The van der Waals surface area contributed by atoms with Crippen molar-refractivity contribution in [2.24, 2.45) is 11.8 Å². The monoisotopic (exact) mass is 253 g/mol. The number of rotatable bonds is 4. The van der Waals surface area contributed by atoms with E-state index in [1.54, 1.807) is 24.3 Å². The molecule has 2 rings (SSSR count). The van der Waals surface area contributed by atoms with Gasteiger partial charge in [0.15, 0.2) is 5.78 Å². The highest BCUT2D eigenvalue weighted by atomic mass is 32.2. The van der Waals surface area contributed by atoms with Gasteiger partial charge in [0, 0.05) is 17.2 Å². The number of ketones is 1. The van der Waals surface area contributed by atoms with E-state index in [2.05, 4.69) is 11.6 Å². The van der Waals surface area contributed by atoms with Crippen LogP contribution in [0.3, 0.4) is 0 Å². The normalized spacial score (nSPS) is 23.2. The molecule has 0 aliphatic heterocycles. The van der Waals surface area contributed by atoms with Gasteiger partial charge in [-0.25, -0.2) is 8.42 Å². The molecule has 17 heavy (non-hydrogen) atoms. The second-order valence-corrected chi connectivity index (χ2v) is 6.38. The van der Waals surface area contributed by atoms with Crippen molar-refractivity contribution in [1.82, 2.24) is 0 Å². The average molecular weight is 253 g/mol. The molecule has 0 radical (unpaired) electrons. The maximum absolute atomic E-state index is 11.9.